The van der Waals surface area contributed by atoms with Crippen LogP contribution in [0.15, 0.2) is 23.6 Å². The van der Waals surface area contributed by atoms with Crippen LogP contribution in [0.3, 0.4) is 0 Å². The highest BCUT2D eigenvalue weighted by Crippen LogP contribution is 2.30. The lowest BCUT2D eigenvalue weighted by molar-refractivity contribution is -0.116. The van der Waals surface area contributed by atoms with Crippen LogP contribution in [0.25, 0.3) is 11.0 Å². The lowest BCUT2D eigenvalue weighted by atomic mass is 10.2. The van der Waals surface area contributed by atoms with Gasteiger partial charge in [0.25, 0.3) is 5.91 Å². The van der Waals surface area contributed by atoms with Crippen molar-refractivity contribution in [3.05, 3.63) is 29.2 Å². The normalized spacial score (nSPS) is 23.3. The molecule has 2 aliphatic rings. The second-order valence-electron chi connectivity index (χ2n) is 6.63. The number of nitrogens with zero attached hydrogens (tertiary/aromatic N) is 3. The minimum absolute atomic E-state index is 0.0843. The first kappa shape index (κ1) is 17.3. The highest BCUT2D eigenvalue weighted by Gasteiger charge is 2.24. The summed E-state index contributed by atoms with van der Waals surface area (Å²) in [6.07, 6.45) is 5.68. The number of hydrogen-bond donors (Lipinski definition) is 4. The number of aliphatic hydroxyl groups is 1. The third-order valence-electron chi connectivity index (χ3n) is 4.71. The van der Waals surface area contributed by atoms with E-state index in [1.807, 2.05) is 24.2 Å². The van der Waals surface area contributed by atoms with E-state index in [9.17, 15) is 9.90 Å². The lowest BCUT2D eigenvalue weighted by Crippen LogP contribution is -2.38. The van der Waals surface area contributed by atoms with Crippen LogP contribution < -0.4 is 15.5 Å². The maximum absolute atomic E-state index is 12.5. The second-order valence-corrected chi connectivity index (χ2v) is 7.77. The van der Waals surface area contributed by atoms with Gasteiger partial charge in [0.1, 0.15) is 17.8 Å². The molecule has 0 radical (unpaired) electrons. The van der Waals surface area contributed by atoms with Gasteiger partial charge in [-0.15, -0.1) is 11.8 Å². The Morgan fingerprint density at radius 2 is 2.38 bits per heavy atom. The van der Waals surface area contributed by atoms with Crippen molar-refractivity contribution in [2.45, 2.75) is 25.5 Å². The largest absolute Gasteiger partial charge is 0.392 e. The Labute approximate surface area is 155 Å². The van der Waals surface area contributed by atoms with Crippen molar-refractivity contribution in [3.8, 4) is 0 Å². The maximum atomic E-state index is 12.5. The van der Waals surface area contributed by atoms with E-state index in [0.29, 0.717) is 24.4 Å². The first-order valence-corrected chi connectivity index (χ1v) is 9.70. The number of H-pyrrole nitrogens is 1. The smallest absolute Gasteiger partial charge is 0.259 e. The number of fused-ring (bicyclic) bond motifs is 1. The van der Waals surface area contributed by atoms with E-state index in [2.05, 4.69) is 25.6 Å². The van der Waals surface area contributed by atoms with Crippen LogP contribution in [0.5, 0.6) is 0 Å². The van der Waals surface area contributed by atoms with Crippen LogP contribution in [0.1, 0.15) is 12.0 Å². The Bertz CT molecular complexity index is 851. The molecule has 2 unspecified atom stereocenters. The summed E-state index contributed by atoms with van der Waals surface area (Å²) in [5, 5.41) is 16.7. The fraction of sp³-hybridized carbons (Fsp3) is 0.471. The van der Waals surface area contributed by atoms with E-state index < -0.39 is 0 Å². The molecule has 4 N–H and O–H groups in total. The van der Waals surface area contributed by atoms with E-state index in [4.69, 9.17) is 0 Å². The summed E-state index contributed by atoms with van der Waals surface area (Å²) >= 11 is 1.55. The maximum Gasteiger partial charge on any atom is 0.259 e. The van der Waals surface area contributed by atoms with Crippen LogP contribution in [0.4, 0.5) is 5.82 Å². The van der Waals surface area contributed by atoms with E-state index >= 15 is 0 Å². The number of anilines is 1. The highest BCUT2D eigenvalue weighted by molar-refractivity contribution is 8.04. The SMILES string of the molecule is Cc1c[nH]c2ncnc(N3C=C(C(=O)NCC4CC(O)CN4)SCC3)c12. The standard InChI is InChI=1S/C17H22N6O2S/c1-10-5-19-15-14(10)16(22-9-21-15)23-2-3-26-13(8-23)17(25)20-6-11-4-12(24)7-18-11/h5,8-9,11-12,18,24H,2-4,6-7H2,1H3,(H,20,25)(H,19,21,22). The number of aromatic amines is 1. The van der Waals surface area contributed by atoms with Crippen molar-refractivity contribution in [3.63, 3.8) is 0 Å². The van der Waals surface area contributed by atoms with Crippen LogP contribution in [0.2, 0.25) is 0 Å². The molecule has 0 aromatic carbocycles. The minimum atomic E-state index is -0.319. The molecule has 0 bridgehead atoms. The molecule has 1 saturated heterocycles. The van der Waals surface area contributed by atoms with Crippen molar-refractivity contribution in [2.24, 2.45) is 0 Å². The molecular formula is C17H22N6O2S. The zero-order valence-electron chi connectivity index (χ0n) is 14.5. The monoisotopic (exact) mass is 374 g/mol. The molecule has 4 heterocycles. The summed E-state index contributed by atoms with van der Waals surface area (Å²) in [5.41, 5.74) is 1.88. The van der Waals surface area contributed by atoms with E-state index in [1.54, 1.807) is 18.1 Å². The number of carbonyl (C=O) groups is 1. The number of thioether (sulfide) groups is 1. The van der Waals surface area contributed by atoms with E-state index in [-0.39, 0.29) is 18.1 Å². The van der Waals surface area contributed by atoms with E-state index in [1.165, 1.54) is 0 Å². The Morgan fingerprint density at radius 1 is 1.50 bits per heavy atom. The summed E-state index contributed by atoms with van der Waals surface area (Å²) in [4.78, 5) is 27.1. The van der Waals surface area contributed by atoms with Crippen molar-refractivity contribution in [2.75, 3.05) is 30.3 Å². The van der Waals surface area contributed by atoms with Crippen LogP contribution >= 0.6 is 11.8 Å². The molecule has 26 heavy (non-hydrogen) atoms. The van der Waals surface area contributed by atoms with Gasteiger partial charge in [0, 0.05) is 43.8 Å². The summed E-state index contributed by atoms with van der Waals surface area (Å²) in [5.74, 6) is 1.55. The average molecular weight is 374 g/mol. The zero-order valence-corrected chi connectivity index (χ0v) is 15.3. The molecule has 2 aliphatic heterocycles. The number of aromatic nitrogens is 3. The molecule has 0 saturated carbocycles. The van der Waals surface area contributed by atoms with Crippen molar-refractivity contribution >= 4 is 34.5 Å². The molecule has 1 amide bonds. The first-order valence-electron chi connectivity index (χ1n) is 8.71. The third-order valence-corrected chi connectivity index (χ3v) is 5.70. The number of aryl methyl sites for hydroxylation is 1. The Hall–Kier alpha value is -2.10. The number of nitrogens with one attached hydrogen (secondary N) is 3. The zero-order chi connectivity index (χ0) is 18.1. The van der Waals surface area contributed by atoms with Gasteiger partial charge >= 0.3 is 0 Å². The predicted molar refractivity (Wildman–Crippen MR) is 102 cm³/mol. The van der Waals surface area contributed by atoms with Gasteiger partial charge in [0.05, 0.1) is 16.4 Å². The van der Waals surface area contributed by atoms with Gasteiger partial charge < -0.3 is 25.6 Å². The summed E-state index contributed by atoms with van der Waals surface area (Å²) < 4.78 is 0. The minimum Gasteiger partial charge on any atom is -0.392 e. The summed E-state index contributed by atoms with van der Waals surface area (Å²) in [7, 11) is 0. The van der Waals surface area contributed by atoms with E-state index in [0.717, 1.165) is 34.7 Å². The second kappa shape index (κ2) is 7.26. The van der Waals surface area contributed by atoms with Gasteiger partial charge in [-0.05, 0) is 18.9 Å². The molecule has 1 fully saturated rings. The molecule has 2 aromatic heterocycles. The molecule has 2 aromatic rings. The number of hydrogen-bond acceptors (Lipinski definition) is 7. The Morgan fingerprint density at radius 3 is 3.19 bits per heavy atom. The van der Waals surface area contributed by atoms with Crippen molar-refractivity contribution in [1.82, 2.24) is 25.6 Å². The molecule has 9 heteroatoms. The highest BCUT2D eigenvalue weighted by atomic mass is 32.2. The van der Waals surface area contributed by atoms with Gasteiger partial charge in [-0.3, -0.25) is 4.79 Å². The van der Waals surface area contributed by atoms with Crippen LogP contribution in [-0.2, 0) is 4.79 Å². The number of amides is 1. The summed E-state index contributed by atoms with van der Waals surface area (Å²) in [6, 6.07) is 0.128. The Kier molecular flexibility index (Phi) is 4.84. The number of rotatable bonds is 4. The van der Waals surface area contributed by atoms with Gasteiger partial charge in [-0.1, -0.05) is 0 Å². The van der Waals surface area contributed by atoms with Gasteiger partial charge in [-0.25, -0.2) is 9.97 Å². The predicted octanol–water partition coefficient (Wildman–Crippen LogP) is 0.500. The molecule has 0 spiro atoms. The van der Waals surface area contributed by atoms with Gasteiger partial charge in [-0.2, -0.15) is 0 Å². The summed E-state index contributed by atoms with van der Waals surface area (Å²) in [6.45, 7) is 3.91. The third kappa shape index (κ3) is 3.42. The van der Waals surface area contributed by atoms with Gasteiger partial charge in [0.2, 0.25) is 0 Å². The number of β-amino-alcohol motifs (C(OH)–C–C–N with tert-alkyl or cyclic N) is 1. The molecule has 2 atom stereocenters. The van der Waals surface area contributed by atoms with Crippen molar-refractivity contribution < 1.29 is 9.90 Å². The Balaban J connectivity index is 1.50. The fourth-order valence-electron chi connectivity index (χ4n) is 3.36. The van der Waals surface area contributed by atoms with Crippen LogP contribution in [0, 0.1) is 6.92 Å². The quantitative estimate of drug-likeness (QED) is 0.617. The van der Waals surface area contributed by atoms with Crippen LogP contribution in [-0.4, -0.2) is 63.5 Å². The number of aliphatic hydroxyl groups excluding tert-OH is 1. The first-order chi connectivity index (χ1) is 12.6. The molecule has 4 rings (SSSR count). The molecule has 8 nitrogen and oxygen atoms in total. The molecule has 138 valence electrons. The molecular weight excluding hydrogens is 352 g/mol. The topological polar surface area (TPSA) is 106 Å². The fourth-order valence-corrected chi connectivity index (χ4v) is 4.27. The lowest BCUT2D eigenvalue weighted by Gasteiger charge is -2.26. The number of carbonyl (C=O) groups excluding carboxylic acids is 1. The van der Waals surface area contributed by atoms with Gasteiger partial charge in [0.15, 0.2) is 0 Å². The average Bonchev–Trinajstić information content (AvgIpc) is 3.25. The molecule has 0 aliphatic carbocycles. The van der Waals surface area contributed by atoms with Crippen molar-refractivity contribution in [1.29, 1.82) is 0 Å².